The summed E-state index contributed by atoms with van der Waals surface area (Å²) in [6.07, 6.45) is 0. The number of carbonyl (C=O) groups excluding carboxylic acids is 1. The summed E-state index contributed by atoms with van der Waals surface area (Å²) < 4.78 is 0. The first-order valence-corrected chi connectivity index (χ1v) is 4.15. The standard InChI is InChI=1S/C8H12N4O2/c1-6(13)14-10-8-11(2)5-7(4-9)12(8)3/h7H,5H2,1-3H3. The molecule has 0 aromatic heterocycles. The van der Waals surface area contributed by atoms with E-state index in [2.05, 4.69) is 16.1 Å². The summed E-state index contributed by atoms with van der Waals surface area (Å²) in [5, 5.41) is 12.4. The van der Waals surface area contributed by atoms with Gasteiger partial charge in [0, 0.05) is 21.0 Å². The smallest absolute Gasteiger partial charge is 0.332 e. The molecule has 1 saturated heterocycles. The van der Waals surface area contributed by atoms with E-state index in [9.17, 15) is 4.79 Å². The molecule has 0 saturated carbocycles. The molecule has 0 bridgehead atoms. The number of carbonyl (C=O) groups is 1. The van der Waals surface area contributed by atoms with Gasteiger partial charge in [0.1, 0.15) is 6.04 Å². The van der Waals surface area contributed by atoms with Crippen molar-refractivity contribution in [2.75, 3.05) is 20.6 Å². The van der Waals surface area contributed by atoms with Crippen LogP contribution in [-0.4, -0.2) is 48.4 Å². The van der Waals surface area contributed by atoms with E-state index < -0.39 is 5.97 Å². The number of hydrogen-bond acceptors (Lipinski definition) is 4. The molecule has 0 aromatic rings. The second kappa shape index (κ2) is 3.96. The summed E-state index contributed by atoms with van der Waals surface area (Å²) in [5.41, 5.74) is 0. The highest BCUT2D eigenvalue weighted by Gasteiger charge is 2.31. The summed E-state index contributed by atoms with van der Waals surface area (Å²) in [4.78, 5) is 18.5. The lowest BCUT2D eigenvalue weighted by molar-refractivity contribution is -0.141. The highest BCUT2D eigenvalue weighted by molar-refractivity contribution is 5.82. The molecule has 0 aromatic carbocycles. The minimum Gasteiger partial charge on any atom is -0.340 e. The molecule has 6 heteroatoms. The van der Waals surface area contributed by atoms with Gasteiger partial charge in [-0.25, -0.2) is 4.79 Å². The summed E-state index contributed by atoms with van der Waals surface area (Å²) in [7, 11) is 3.52. The van der Waals surface area contributed by atoms with Gasteiger partial charge in [-0.05, 0) is 5.16 Å². The van der Waals surface area contributed by atoms with Crippen molar-refractivity contribution >= 4 is 11.9 Å². The molecule has 76 valence electrons. The molecule has 0 N–H and O–H groups in total. The van der Waals surface area contributed by atoms with Gasteiger partial charge < -0.3 is 14.6 Å². The van der Waals surface area contributed by atoms with Gasteiger partial charge in [0.05, 0.1) is 12.6 Å². The van der Waals surface area contributed by atoms with Gasteiger partial charge in [0.25, 0.3) is 0 Å². The zero-order valence-corrected chi connectivity index (χ0v) is 8.39. The van der Waals surface area contributed by atoms with Crippen LogP contribution < -0.4 is 0 Å². The Hall–Kier alpha value is -1.77. The second-order valence-corrected chi connectivity index (χ2v) is 3.11. The molecule has 0 radical (unpaired) electrons. The Kier molecular flexibility index (Phi) is 2.92. The molecule has 1 heterocycles. The summed E-state index contributed by atoms with van der Waals surface area (Å²) in [5.74, 6) is 0.0199. The number of rotatable bonds is 1. The summed E-state index contributed by atoms with van der Waals surface area (Å²) >= 11 is 0. The van der Waals surface area contributed by atoms with Gasteiger partial charge in [-0.15, -0.1) is 0 Å². The third kappa shape index (κ3) is 1.93. The van der Waals surface area contributed by atoms with Gasteiger partial charge in [-0.3, -0.25) is 0 Å². The Morgan fingerprint density at radius 2 is 2.36 bits per heavy atom. The molecule has 1 aliphatic heterocycles. The lowest BCUT2D eigenvalue weighted by Crippen LogP contribution is -2.31. The molecule has 1 atom stereocenters. The van der Waals surface area contributed by atoms with Crippen LogP contribution in [0.5, 0.6) is 0 Å². The molecular weight excluding hydrogens is 184 g/mol. The van der Waals surface area contributed by atoms with Crippen molar-refractivity contribution in [3.8, 4) is 6.07 Å². The van der Waals surface area contributed by atoms with Crippen molar-refractivity contribution in [3.63, 3.8) is 0 Å². The minimum atomic E-state index is -0.472. The fourth-order valence-electron chi connectivity index (χ4n) is 1.24. The van der Waals surface area contributed by atoms with Crippen molar-refractivity contribution in [1.29, 1.82) is 5.26 Å². The van der Waals surface area contributed by atoms with E-state index >= 15 is 0 Å². The van der Waals surface area contributed by atoms with Crippen LogP contribution in [0, 0.1) is 11.3 Å². The van der Waals surface area contributed by atoms with Crippen molar-refractivity contribution in [1.82, 2.24) is 9.80 Å². The number of hydrogen-bond donors (Lipinski definition) is 0. The fourth-order valence-corrected chi connectivity index (χ4v) is 1.24. The van der Waals surface area contributed by atoms with Gasteiger partial charge in [0.15, 0.2) is 0 Å². The van der Waals surface area contributed by atoms with Gasteiger partial charge in [0.2, 0.25) is 5.96 Å². The third-order valence-electron chi connectivity index (χ3n) is 1.98. The average Bonchev–Trinajstić information content (AvgIpc) is 2.39. The number of guanidine groups is 1. The van der Waals surface area contributed by atoms with Crippen molar-refractivity contribution in [2.45, 2.75) is 13.0 Å². The summed E-state index contributed by atoms with van der Waals surface area (Å²) in [6, 6.07) is 1.88. The molecule has 1 unspecified atom stereocenters. The van der Waals surface area contributed by atoms with Crippen LogP contribution in [-0.2, 0) is 9.63 Å². The number of oxime groups is 1. The van der Waals surface area contributed by atoms with E-state index in [1.165, 1.54) is 6.92 Å². The first-order chi connectivity index (χ1) is 6.56. The zero-order chi connectivity index (χ0) is 10.7. The van der Waals surface area contributed by atoms with Gasteiger partial charge >= 0.3 is 5.97 Å². The van der Waals surface area contributed by atoms with Crippen LogP contribution in [0.4, 0.5) is 0 Å². The summed E-state index contributed by atoms with van der Waals surface area (Å²) in [6.45, 7) is 1.84. The molecule has 1 rings (SSSR count). The van der Waals surface area contributed by atoms with Crippen LogP contribution in [0.2, 0.25) is 0 Å². The predicted octanol–water partition coefficient (Wildman–Crippen LogP) is -0.410. The van der Waals surface area contributed by atoms with Crippen LogP contribution in [0.1, 0.15) is 6.92 Å². The van der Waals surface area contributed by atoms with Crippen LogP contribution >= 0.6 is 0 Å². The predicted molar refractivity (Wildman–Crippen MR) is 49.0 cm³/mol. The SMILES string of the molecule is CC(=O)ON=C1N(C)CC(C#N)N1C. The molecular formula is C8H12N4O2. The molecule has 0 amide bonds. The van der Waals surface area contributed by atoms with E-state index in [0.29, 0.717) is 12.5 Å². The van der Waals surface area contributed by atoms with Crippen molar-refractivity contribution < 1.29 is 9.63 Å². The van der Waals surface area contributed by atoms with Crippen LogP contribution in [0.3, 0.4) is 0 Å². The highest BCUT2D eigenvalue weighted by atomic mass is 16.7. The third-order valence-corrected chi connectivity index (χ3v) is 1.98. The molecule has 14 heavy (non-hydrogen) atoms. The Morgan fingerprint density at radius 3 is 2.79 bits per heavy atom. The minimum absolute atomic E-state index is 0.241. The maximum Gasteiger partial charge on any atom is 0.332 e. The van der Waals surface area contributed by atoms with E-state index in [-0.39, 0.29) is 6.04 Å². The Bertz CT molecular complexity index is 307. The van der Waals surface area contributed by atoms with E-state index in [1.807, 2.05) is 0 Å². The quantitative estimate of drug-likeness (QED) is 0.421. The van der Waals surface area contributed by atoms with Crippen LogP contribution in [0.15, 0.2) is 5.16 Å². The maximum atomic E-state index is 10.5. The van der Waals surface area contributed by atoms with E-state index in [4.69, 9.17) is 5.26 Å². The Labute approximate surface area is 82.3 Å². The molecule has 0 spiro atoms. The number of nitriles is 1. The van der Waals surface area contributed by atoms with Gasteiger partial charge in [-0.2, -0.15) is 5.26 Å². The van der Waals surface area contributed by atoms with E-state index in [0.717, 1.165) is 0 Å². The zero-order valence-electron chi connectivity index (χ0n) is 8.39. The maximum absolute atomic E-state index is 10.5. The lowest BCUT2D eigenvalue weighted by Gasteiger charge is -2.14. The molecule has 1 aliphatic rings. The van der Waals surface area contributed by atoms with Crippen LogP contribution in [0.25, 0.3) is 0 Å². The molecule has 0 aliphatic carbocycles. The number of likely N-dealkylation sites (N-methyl/N-ethyl adjacent to an activating group) is 2. The second-order valence-electron chi connectivity index (χ2n) is 3.11. The lowest BCUT2D eigenvalue weighted by atomic mass is 10.3. The molecule has 6 nitrogen and oxygen atoms in total. The van der Waals surface area contributed by atoms with Crippen molar-refractivity contribution in [3.05, 3.63) is 0 Å². The topological polar surface area (TPSA) is 68.9 Å². The van der Waals surface area contributed by atoms with Crippen molar-refractivity contribution in [2.24, 2.45) is 5.16 Å². The van der Waals surface area contributed by atoms with E-state index in [1.54, 1.807) is 23.9 Å². The Morgan fingerprint density at radius 1 is 1.71 bits per heavy atom. The van der Waals surface area contributed by atoms with Gasteiger partial charge in [-0.1, -0.05) is 0 Å². The average molecular weight is 196 g/mol. The largest absolute Gasteiger partial charge is 0.340 e. The Balaban J connectivity index is 2.75. The first kappa shape index (κ1) is 10.3. The number of nitrogens with zero attached hydrogens (tertiary/aromatic N) is 4. The first-order valence-electron chi connectivity index (χ1n) is 4.15. The fraction of sp³-hybridized carbons (Fsp3) is 0.625. The molecule has 1 fully saturated rings. The highest BCUT2D eigenvalue weighted by Crippen LogP contribution is 2.11. The monoisotopic (exact) mass is 196 g/mol. The normalized spacial score (nSPS) is 23.9.